The maximum atomic E-state index is 12.8. The number of nitrogens with zero attached hydrogens (tertiary/aromatic N) is 5. The van der Waals surface area contributed by atoms with Gasteiger partial charge >= 0.3 is 6.01 Å². The zero-order chi connectivity index (χ0) is 24.3. The fraction of sp³-hybridized carbons (Fsp3) is 0.333. The summed E-state index contributed by atoms with van der Waals surface area (Å²) in [6, 6.07) is 16.6. The molecule has 1 aromatic heterocycles. The number of aromatic nitrogens is 2. The Hall–Kier alpha value is -3.53. The van der Waals surface area contributed by atoms with Gasteiger partial charge in [-0.05, 0) is 18.6 Å². The van der Waals surface area contributed by atoms with E-state index in [1.807, 2.05) is 62.3 Å². The summed E-state index contributed by atoms with van der Waals surface area (Å²) in [5.74, 6) is 0.816. The topological polar surface area (TPSA) is 109 Å². The first kappa shape index (κ1) is 23.6. The summed E-state index contributed by atoms with van der Waals surface area (Å²) in [6.45, 7) is 2.65. The monoisotopic (exact) mass is 481 g/mol. The van der Waals surface area contributed by atoms with Gasteiger partial charge in [0.1, 0.15) is 0 Å². The molecule has 1 aliphatic heterocycles. The van der Waals surface area contributed by atoms with Gasteiger partial charge in [-0.25, -0.2) is 8.42 Å². The number of carbonyl (C=O) groups is 1. The van der Waals surface area contributed by atoms with E-state index in [2.05, 4.69) is 15.2 Å². The Labute approximate surface area is 199 Å². The highest BCUT2D eigenvalue weighted by atomic mass is 32.2. The van der Waals surface area contributed by atoms with Gasteiger partial charge in [0.05, 0.1) is 17.4 Å². The Morgan fingerprint density at radius 3 is 2.38 bits per heavy atom. The van der Waals surface area contributed by atoms with Crippen LogP contribution in [-0.2, 0) is 9.84 Å². The minimum Gasteiger partial charge on any atom is -0.406 e. The summed E-state index contributed by atoms with van der Waals surface area (Å²) in [5.41, 5.74) is 2.08. The molecule has 2 heterocycles. The van der Waals surface area contributed by atoms with E-state index in [1.165, 1.54) is 0 Å². The quantitative estimate of drug-likeness (QED) is 0.311. The van der Waals surface area contributed by atoms with Crippen LogP contribution in [0.25, 0.3) is 0 Å². The third-order valence-corrected chi connectivity index (χ3v) is 7.32. The number of guanidine groups is 1. The van der Waals surface area contributed by atoms with E-state index in [-0.39, 0.29) is 29.2 Å². The van der Waals surface area contributed by atoms with Gasteiger partial charge in [-0.1, -0.05) is 53.6 Å². The number of ketones is 1. The average molecular weight is 482 g/mol. The fourth-order valence-electron chi connectivity index (χ4n) is 3.75. The van der Waals surface area contributed by atoms with Gasteiger partial charge in [0.15, 0.2) is 15.6 Å². The number of hydrogen-bond acceptors (Lipinski definition) is 7. The zero-order valence-corrected chi connectivity index (χ0v) is 20.2. The highest BCUT2D eigenvalue weighted by molar-refractivity contribution is 7.91. The fourth-order valence-corrected chi connectivity index (χ4v) is 4.95. The van der Waals surface area contributed by atoms with Crippen LogP contribution in [0.3, 0.4) is 0 Å². The van der Waals surface area contributed by atoms with Crippen LogP contribution >= 0.6 is 0 Å². The Morgan fingerprint density at radius 2 is 1.71 bits per heavy atom. The molecule has 0 spiro atoms. The number of carbonyl (C=O) groups excluding carboxylic acids is 1. The summed E-state index contributed by atoms with van der Waals surface area (Å²) in [5, 5.41) is 8.24. The summed E-state index contributed by atoms with van der Waals surface area (Å²) >= 11 is 0. The SMILES string of the molecule is CC(c1cccc(C(=O)c2ccccc2)c1)c1nnc(N=C(N(C)C)N2CCS(=O)(=O)CC2)o1. The van der Waals surface area contributed by atoms with Crippen molar-refractivity contribution < 1.29 is 17.6 Å². The number of hydrogen-bond donors (Lipinski definition) is 0. The molecule has 0 amide bonds. The van der Waals surface area contributed by atoms with Crippen molar-refractivity contribution in [3.8, 4) is 0 Å². The number of aliphatic imine (C=N–C) groups is 1. The zero-order valence-electron chi connectivity index (χ0n) is 19.4. The molecule has 0 radical (unpaired) electrons. The van der Waals surface area contributed by atoms with Crippen molar-refractivity contribution in [3.63, 3.8) is 0 Å². The van der Waals surface area contributed by atoms with Crippen LogP contribution < -0.4 is 0 Å². The van der Waals surface area contributed by atoms with Crippen molar-refractivity contribution in [1.82, 2.24) is 20.0 Å². The van der Waals surface area contributed by atoms with E-state index in [0.29, 0.717) is 36.1 Å². The van der Waals surface area contributed by atoms with Crippen LogP contribution in [0.5, 0.6) is 0 Å². The molecule has 0 N–H and O–H groups in total. The molecular weight excluding hydrogens is 454 g/mol. The molecule has 10 heteroatoms. The van der Waals surface area contributed by atoms with Gasteiger partial charge in [-0.2, -0.15) is 4.99 Å². The number of rotatable bonds is 5. The lowest BCUT2D eigenvalue weighted by atomic mass is 9.96. The average Bonchev–Trinajstić information content (AvgIpc) is 3.31. The van der Waals surface area contributed by atoms with Gasteiger partial charge in [-0.15, -0.1) is 5.10 Å². The first-order chi connectivity index (χ1) is 16.2. The number of sulfone groups is 1. The third kappa shape index (κ3) is 5.33. The van der Waals surface area contributed by atoms with E-state index in [0.717, 1.165) is 5.56 Å². The molecule has 2 aromatic carbocycles. The highest BCUT2D eigenvalue weighted by Gasteiger charge is 2.26. The summed E-state index contributed by atoms with van der Waals surface area (Å²) in [7, 11) is 0.657. The first-order valence-electron chi connectivity index (χ1n) is 11.0. The van der Waals surface area contributed by atoms with Gasteiger partial charge < -0.3 is 14.2 Å². The Bertz CT molecular complexity index is 1290. The van der Waals surface area contributed by atoms with Gasteiger partial charge in [0.2, 0.25) is 11.9 Å². The lowest BCUT2D eigenvalue weighted by Crippen LogP contribution is -2.48. The van der Waals surface area contributed by atoms with Crippen LogP contribution in [0, 0.1) is 0 Å². The summed E-state index contributed by atoms with van der Waals surface area (Å²) in [4.78, 5) is 21.0. The van der Waals surface area contributed by atoms with E-state index in [9.17, 15) is 13.2 Å². The Balaban J connectivity index is 1.54. The standard InChI is InChI=1S/C24H27N5O4S/c1-17(19-10-7-11-20(16-19)21(30)18-8-5-4-6-9-18)22-26-27-23(33-22)25-24(28(2)3)29-12-14-34(31,32)15-13-29/h4-11,16-17H,12-15H2,1-3H3. The maximum Gasteiger partial charge on any atom is 0.345 e. The molecular formula is C24H27N5O4S. The second-order valence-electron chi connectivity index (χ2n) is 8.41. The second-order valence-corrected chi connectivity index (χ2v) is 10.7. The summed E-state index contributed by atoms with van der Waals surface area (Å²) < 4.78 is 29.4. The molecule has 1 unspecified atom stereocenters. The van der Waals surface area contributed by atoms with Crippen LogP contribution in [-0.4, -0.2) is 78.8 Å². The normalized spacial score (nSPS) is 16.8. The van der Waals surface area contributed by atoms with Crippen molar-refractivity contribution in [2.24, 2.45) is 4.99 Å². The van der Waals surface area contributed by atoms with Crippen LogP contribution in [0.4, 0.5) is 6.01 Å². The minimum atomic E-state index is -3.00. The predicted molar refractivity (Wildman–Crippen MR) is 129 cm³/mol. The molecule has 1 atom stereocenters. The molecule has 0 saturated carbocycles. The molecule has 3 aromatic rings. The first-order valence-corrected chi connectivity index (χ1v) is 12.8. The van der Waals surface area contributed by atoms with Crippen molar-refractivity contribution in [1.29, 1.82) is 0 Å². The molecule has 1 aliphatic rings. The van der Waals surface area contributed by atoms with Crippen molar-refractivity contribution in [2.45, 2.75) is 12.8 Å². The molecule has 4 rings (SSSR count). The molecule has 34 heavy (non-hydrogen) atoms. The lowest BCUT2D eigenvalue weighted by molar-refractivity contribution is 0.103. The lowest BCUT2D eigenvalue weighted by Gasteiger charge is -2.32. The Kier molecular flexibility index (Phi) is 6.78. The molecule has 178 valence electrons. The van der Waals surface area contributed by atoms with E-state index in [4.69, 9.17) is 4.42 Å². The molecule has 0 aliphatic carbocycles. The predicted octanol–water partition coefficient (Wildman–Crippen LogP) is 2.73. The molecule has 9 nitrogen and oxygen atoms in total. The van der Waals surface area contributed by atoms with E-state index >= 15 is 0 Å². The smallest absolute Gasteiger partial charge is 0.345 e. The van der Waals surface area contributed by atoms with E-state index in [1.54, 1.807) is 23.1 Å². The third-order valence-electron chi connectivity index (χ3n) is 5.71. The van der Waals surface area contributed by atoms with E-state index < -0.39 is 9.84 Å². The molecule has 0 bridgehead atoms. The van der Waals surface area contributed by atoms with Gasteiger partial charge in [-0.3, -0.25) is 4.79 Å². The van der Waals surface area contributed by atoms with Crippen LogP contribution in [0.1, 0.15) is 40.2 Å². The summed E-state index contributed by atoms with van der Waals surface area (Å²) in [6.07, 6.45) is 0. The Morgan fingerprint density at radius 1 is 1.03 bits per heavy atom. The van der Waals surface area contributed by atoms with Crippen LogP contribution in [0.15, 0.2) is 64.0 Å². The maximum absolute atomic E-state index is 12.8. The second kappa shape index (κ2) is 9.76. The highest BCUT2D eigenvalue weighted by Crippen LogP contribution is 2.26. The largest absolute Gasteiger partial charge is 0.406 e. The van der Waals surface area contributed by atoms with Crippen LogP contribution in [0.2, 0.25) is 0 Å². The minimum absolute atomic E-state index is 0.0513. The molecule has 1 fully saturated rings. The van der Waals surface area contributed by atoms with Gasteiger partial charge in [0.25, 0.3) is 0 Å². The van der Waals surface area contributed by atoms with Crippen molar-refractivity contribution in [3.05, 3.63) is 77.2 Å². The van der Waals surface area contributed by atoms with Crippen molar-refractivity contribution >= 4 is 27.6 Å². The molecule has 1 saturated heterocycles. The number of benzene rings is 2. The van der Waals surface area contributed by atoms with Gasteiger partial charge in [0, 0.05) is 38.3 Å². The van der Waals surface area contributed by atoms with Crippen molar-refractivity contribution in [2.75, 3.05) is 38.7 Å².